The molecule has 2 saturated heterocycles. The van der Waals surface area contributed by atoms with E-state index in [2.05, 4.69) is 29.0 Å². The predicted octanol–water partition coefficient (Wildman–Crippen LogP) is 1.17. The summed E-state index contributed by atoms with van der Waals surface area (Å²) < 4.78 is 5.44. The molecule has 2 aliphatic rings. The van der Waals surface area contributed by atoms with Crippen LogP contribution in [0.4, 0.5) is 0 Å². The molecule has 2 rings (SSSR count). The summed E-state index contributed by atoms with van der Waals surface area (Å²) in [5.74, 6) is 0. The lowest BCUT2D eigenvalue weighted by Crippen LogP contribution is -2.44. The third-order valence-electron chi connectivity index (χ3n) is 4.47. The largest absolute Gasteiger partial charge is 0.379 e. The molecule has 19 heavy (non-hydrogen) atoms. The van der Waals surface area contributed by atoms with Gasteiger partial charge in [-0.15, -0.1) is 0 Å². The summed E-state index contributed by atoms with van der Waals surface area (Å²) in [5.41, 5.74) is 0. The summed E-state index contributed by atoms with van der Waals surface area (Å²) in [6.07, 6.45) is 3.97. The van der Waals surface area contributed by atoms with Crippen LogP contribution in [0.25, 0.3) is 0 Å². The first-order valence-electron chi connectivity index (χ1n) is 8.07. The van der Waals surface area contributed by atoms with Crippen LogP contribution in [-0.4, -0.2) is 74.4 Å². The van der Waals surface area contributed by atoms with Crippen molar-refractivity contribution in [1.29, 1.82) is 0 Å². The number of nitrogens with one attached hydrogen (secondary N) is 1. The van der Waals surface area contributed by atoms with Gasteiger partial charge in [-0.1, -0.05) is 6.92 Å². The predicted molar refractivity (Wildman–Crippen MR) is 79.6 cm³/mol. The first-order valence-corrected chi connectivity index (χ1v) is 8.07. The van der Waals surface area contributed by atoms with Gasteiger partial charge in [0.25, 0.3) is 0 Å². The molecule has 0 aliphatic carbocycles. The number of hydrogen-bond donors (Lipinski definition) is 1. The maximum absolute atomic E-state index is 5.44. The SMILES string of the molecule is CCNC(C)CCCN1CCC(N2CCOCC2)C1. The Labute approximate surface area is 118 Å². The average molecular weight is 269 g/mol. The highest BCUT2D eigenvalue weighted by atomic mass is 16.5. The summed E-state index contributed by atoms with van der Waals surface area (Å²) in [6.45, 7) is 13.5. The van der Waals surface area contributed by atoms with E-state index in [0.29, 0.717) is 6.04 Å². The molecule has 2 unspecified atom stereocenters. The van der Waals surface area contributed by atoms with E-state index in [9.17, 15) is 0 Å². The van der Waals surface area contributed by atoms with Gasteiger partial charge in [0.05, 0.1) is 13.2 Å². The molecule has 0 radical (unpaired) electrons. The van der Waals surface area contributed by atoms with Gasteiger partial charge in [-0.05, 0) is 45.8 Å². The van der Waals surface area contributed by atoms with Crippen LogP contribution < -0.4 is 5.32 Å². The first kappa shape index (κ1) is 15.2. The van der Waals surface area contributed by atoms with Gasteiger partial charge in [0.15, 0.2) is 0 Å². The molecular formula is C15H31N3O. The zero-order chi connectivity index (χ0) is 13.5. The van der Waals surface area contributed by atoms with Crippen LogP contribution in [0.1, 0.15) is 33.1 Å². The van der Waals surface area contributed by atoms with Gasteiger partial charge in [-0.2, -0.15) is 0 Å². The number of nitrogens with zero attached hydrogens (tertiary/aromatic N) is 2. The topological polar surface area (TPSA) is 27.7 Å². The first-order chi connectivity index (χ1) is 9.29. The normalized spacial score (nSPS) is 27.8. The van der Waals surface area contributed by atoms with E-state index in [-0.39, 0.29) is 0 Å². The smallest absolute Gasteiger partial charge is 0.0594 e. The molecule has 1 N–H and O–H groups in total. The Bertz CT molecular complexity index is 244. The van der Waals surface area contributed by atoms with Crippen LogP contribution in [0, 0.1) is 0 Å². The molecule has 0 bridgehead atoms. The Balaban J connectivity index is 1.59. The molecule has 2 heterocycles. The van der Waals surface area contributed by atoms with Crippen molar-refractivity contribution in [2.75, 3.05) is 52.5 Å². The number of likely N-dealkylation sites (tertiary alicyclic amines) is 1. The van der Waals surface area contributed by atoms with E-state index in [1.54, 1.807) is 0 Å². The highest BCUT2D eigenvalue weighted by Gasteiger charge is 2.28. The van der Waals surface area contributed by atoms with Gasteiger partial charge in [0.2, 0.25) is 0 Å². The molecule has 2 fully saturated rings. The molecule has 0 amide bonds. The quantitative estimate of drug-likeness (QED) is 0.751. The summed E-state index contributed by atoms with van der Waals surface area (Å²) >= 11 is 0. The van der Waals surface area contributed by atoms with E-state index in [0.717, 1.165) is 38.9 Å². The van der Waals surface area contributed by atoms with Crippen molar-refractivity contribution >= 4 is 0 Å². The summed E-state index contributed by atoms with van der Waals surface area (Å²) in [4.78, 5) is 5.28. The minimum Gasteiger partial charge on any atom is -0.379 e. The van der Waals surface area contributed by atoms with E-state index in [4.69, 9.17) is 4.74 Å². The van der Waals surface area contributed by atoms with Gasteiger partial charge >= 0.3 is 0 Å². The molecule has 0 spiro atoms. The minimum atomic E-state index is 0.669. The molecule has 4 heteroatoms. The van der Waals surface area contributed by atoms with Crippen LogP contribution in [-0.2, 0) is 4.74 Å². The zero-order valence-corrected chi connectivity index (χ0v) is 12.7. The van der Waals surface area contributed by atoms with Crippen molar-refractivity contribution in [2.24, 2.45) is 0 Å². The van der Waals surface area contributed by atoms with Gasteiger partial charge in [-0.25, -0.2) is 0 Å². The van der Waals surface area contributed by atoms with Crippen molar-refractivity contribution in [2.45, 2.75) is 45.2 Å². The number of ether oxygens (including phenoxy) is 1. The fraction of sp³-hybridized carbons (Fsp3) is 1.00. The van der Waals surface area contributed by atoms with Gasteiger partial charge < -0.3 is 15.0 Å². The Morgan fingerprint density at radius 2 is 2.05 bits per heavy atom. The molecular weight excluding hydrogens is 238 g/mol. The van der Waals surface area contributed by atoms with Gasteiger partial charge in [0, 0.05) is 31.7 Å². The standard InChI is InChI=1S/C15H31N3O/c1-3-16-14(2)5-4-7-17-8-6-15(13-17)18-9-11-19-12-10-18/h14-16H,3-13H2,1-2H3. The third kappa shape index (κ3) is 5.03. The number of rotatable bonds is 7. The summed E-state index contributed by atoms with van der Waals surface area (Å²) in [7, 11) is 0. The van der Waals surface area contributed by atoms with E-state index >= 15 is 0 Å². The fourth-order valence-electron chi connectivity index (χ4n) is 3.33. The Hall–Kier alpha value is -0.160. The third-order valence-corrected chi connectivity index (χ3v) is 4.47. The summed E-state index contributed by atoms with van der Waals surface area (Å²) in [6, 6.07) is 1.46. The lowest BCUT2D eigenvalue weighted by Gasteiger charge is -2.32. The molecule has 0 aromatic rings. The van der Waals surface area contributed by atoms with Crippen LogP contribution >= 0.6 is 0 Å². The zero-order valence-electron chi connectivity index (χ0n) is 12.7. The van der Waals surface area contributed by atoms with Crippen molar-refractivity contribution in [1.82, 2.24) is 15.1 Å². The Morgan fingerprint density at radius 3 is 2.79 bits per heavy atom. The van der Waals surface area contributed by atoms with Crippen molar-refractivity contribution in [3.8, 4) is 0 Å². The second-order valence-electron chi connectivity index (χ2n) is 5.99. The van der Waals surface area contributed by atoms with E-state index in [1.807, 2.05) is 0 Å². The number of morpholine rings is 1. The molecule has 2 atom stereocenters. The minimum absolute atomic E-state index is 0.669. The molecule has 112 valence electrons. The Kier molecular flexibility index (Phi) is 6.57. The van der Waals surface area contributed by atoms with Crippen LogP contribution in [0.5, 0.6) is 0 Å². The lowest BCUT2D eigenvalue weighted by molar-refractivity contribution is 0.0185. The Morgan fingerprint density at radius 1 is 1.26 bits per heavy atom. The molecule has 2 aliphatic heterocycles. The van der Waals surface area contributed by atoms with Crippen LogP contribution in [0.3, 0.4) is 0 Å². The maximum atomic E-state index is 5.44. The molecule has 0 saturated carbocycles. The second-order valence-corrected chi connectivity index (χ2v) is 5.99. The van der Waals surface area contributed by atoms with Crippen LogP contribution in [0.2, 0.25) is 0 Å². The van der Waals surface area contributed by atoms with Gasteiger partial charge in [-0.3, -0.25) is 4.90 Å². The van der Waals surface area contributed by atoms with Crippen LogP contribution in [0.15, 0.2) is 0 Å². The monoisotopic (exact) mass is 269 g/mol. The maximum Gasteiger partial charge on any atom is 0.0594 e. The van der Waals surface area contributed by atoms with Crippen molar-refractivity contribution in [3.05, 3.63) is 0 Å². The van der Waals surface area contributed by atoms with Crippen molar-refractivity contribution in [3.63, 3.8) is 0 Å². The molecule has 0 aromatic heterocycles. The van der Waals surface area contributed by atoms with Crippen molar-refractivity contribution < 1.29 is 4.74 Å². The van der Waals surface area contributed by atoms with Gasteiger partial charge in [0.1, 0.15) is 0 Å². The highest BCUT2D eigenvalue weighted by Crippen LogP contribution is 2.17. The molecule has 0 aromatic carbocycles. The van der Waals surface area contributed by atoms with E-state index < -0.39 is 0 Å². The number of hydrogen-bond acceptors (Lipinski definition) is 4. The second kappa shape index (κ2) is 8.20. The highest BCUT2D eigenvalue weighted by molar-refractivity contribution is 4.84. The fourth-order valence-corrected chi connectivity index (χ4v) is 3.33. The lowest BCUT2D eigenvalue weighted by atomic mass is 10.2. The average Bonchev–Trinajstić information content (AvgIpc) is 2.89. The summed E-state index contributed by atoms with van der Waals surface area (Å²) in [5, 5.41) is 3.49. The van der Waals surface area contributed by atoms with E-state index in [1.165, 1.54) is 38.9 Å². The molecule has 4 nitrogen and oxygen atoms in total.